The molecule has 0 fully saturated rings. The number of hydrogen-bond acceptors (Lipinski definition) is 6. The van der Waals surface area contributed by atoms with E-state index in [0.29, 0.717) is 11.4 Å². The lowest BCUT2D eigenvalue weighted by molar-refractivity contribution is -0.408. The van der Waals surface area contributed by atoms with Gasteiger partial charge in [-0.05, 0) is 42.7 Å². The van der Waals surface area contributed by atoms with Crippen LogP contribution < -0.4 is 4.74 Å². The largest absolute Gasteiger partial charge is 0.494 e. The Morgan fingerprint density at radius 1 is 0.730 bits per heavy atom. The van der Waals surface area contributed by atoms with E-state index < -0.39 is 24.6 Å². The van der Waals surface area contributed by atoms with Gasteiger partial charge in [0.05, 0.1) is 26.4 Å². The Bertz CT molecular complexity index is 868. The molecule has 0 N–H and O–H groups in total. The summed E-state index contributed by atoms with van der Waals surface area (Å²) in [5.41, 5.74) is 1.58. The van der Waals surface area contributed by atoms with E-state index in [1.165, 1.54) is 64.2 Å². The van der Waals surface area contributed by atoms with Gasteiger partial charge in [0, 0.05) is 25.1 Å². The summed E-state index contributed by atoms with van der Waals surface area (Å²) in [6, 6.07) is 5.18. The standard InChI is InChI=1S/C27H38F4N2O4/c1-3-4-5-6-7-8-9-10-11-22-20-32-25(33-21-22)23-12-14-24(15-13-23)37-27(30,31)26(28,29)36-19-18-35-17-16-34-2/h12-15,20-21H,3-11,16-19H2,1-2H3. The van der Waals surface area contributed by atoms with Crippen molar-refractivity contribution in [1.29, 1.82) is 0 Å². The molecule has 0 spiro atoms. The Kier molecular flexibility index (Phi) is 13.8. The number of alkyl halides is 4. The summed E-state index contributed by atoms with van der Waals surface area (Å²) in [6.45, 7) is 1.57. The molecule has 2 aromatic rings. The first-order chi connectivity index (χ1) is 17.8. The molecule has 0 atom stereocenters. The average molecular weight is 531 g/mol. The molecule has 208 valence electrons. The maximum absolute atomic E-state index is 14.0. The highest BCUT2D eigenvalue weighted by Crippen LogP contribution is 2.37. The third-order valence-electron chi connectivity index (χ3n) is 5.66. The van der Waals surface area contributed by atoms with Crippen molar-refractivity contribution >= 4 is 0 Å². The SMILES string of the molecule is CCCCCCCCCCc1cnc(-c2ccc(OC(F)(F)C(F)(F)OCCOCCOC)cc2)nc1. The maximum Gasteiger partial charge on any atom is 0.494 e. The molecule has 2 rings (SSSR count). The molecule has 0 amide bonds. The lowest BCUT2D eigenvalue weighted by Crippen LogP contribution is -2.47. The van der Waals surface area contributed by atoms with Gasteiger partial charge in [0.1, 0.15) is 5.75 Å². The smallest absolute Gasteiger partial charge is 0.426 e. The summed E-state index contributed by atoms with van der Waals surface area (Å²) in [4.78, 5) is 8.68. The molecular formula is C27H38F4N2O4. The van der Waals surface area contributed by atoms with E-state index in [1.54, 1.807) is 12.4 Å². The van der Waals surface area contributed by atoms with Crippen molar-refractivity contribution in [3.63, 3.8) is 0 Å². The van der Waals surface area contributed by atoms with Crippen molar-refractivity contribution in [2.75, 3.05) is 33.5 Å². The van der Waals surface area contributed by atoms with E-state index in [1.807, 2.05) is 0 Å². The van der Waals surface area contributed by atoms with Crippen molar-refractivity contribution in [1.82, 2.24) is 9.97 Å². The van der Waals surface area contributed by atoms with Crippen LogP contribution in [0.3, 0.4) is 0 Å². The van der Waals surface area contributed by atoms with Crippen molar-refractivity contribution in [3.8, 4) is 17.1 Å². The van der Waals surface area contributed by atoms with Crippen LogP contribution in [0, 0.1) is 0 Å². The van der Waals surface area contributed by atoms with Gasteiger partial charge in [-0.15, -0.1) is 0 Å². The quantitative estimate of drug-likeness (QED) is 0.135. The van der Waals surface area contributed by atoms with Crippen molar-refractivity contribution in [2.45, 2.75) is 76.9 Å². The first-order valence-electron chi connectivity index (χ1n) is 12.9. The van der Waals surface area contributed by atoms with E-state index in [0.717, 1.165) is 30.5 Å². The summed E-state index contributed by atoms with van der Waals surface area (Å²) in [6.07, 6.45) is 4.60. The first-order valence-corrected chi connectivity index (χ1v) is 12.9. The zero-order chi connectivity index (χ0) is 27.0. The monoisotopic (exact) mass is 530 g/mol. The molecule has 0 aliphatic heterocycles. The molecule has 0 aliphatic rings. The minimum atomic E-state index is -4.88. The highest BCUT2D eigenvalue weighted by atomic mass is 19.3. The minimum Gasteiger partial charge on any atom is -0.426 e. The molecule has 1 heterocycles. The second kappa shape index (κ2) is 16.5. The van der Waals surface area contributed by atoms with Crippen LogP contribution in [-0.2, 0) is 20.6 Å². The van der Waals surface area contributed by atoms with Gasteiger partial charge in [-0.2, -0.15) is 17.6 Å². The Morgan fingerprint density at radius 3 is 1.95 bits per heavy atom. The normalized spacial score (nSPS) is 12.2. The molecule has 0 saturated carbocycles. The molecule has 0 bridgehead atoms. The summed E-state index contributed by atoms with van der Waals surface area (Å²) in [5.74, 6) is -0.0418. The Balaban J connectivity index is 1.79. The molecular weight excluding hydrogens is 492 g/mol. The number of nitrogens with zero attached hydrogens (tertiary/aromatic N) is 2. The third kappa shape index (κ3) is 11.3. The van der Waals surface area contributed by atoms with Crippen LogP contribution in [-0.4, -0.2) is 55.7 Å². The van der Waals surface area contributed by atoms with Crippen LogP contribution in [0.2, 0.25) is 0 Å². The Labute approximate surface area is 216 Å². The van der Waals surface area contributed by atoms with Crippen LogP contribution >= 0.6 is 0 Å². The van der Waals surface area contributed by atoms with E-state index in [-0.39, 0.29) is 19.8 Å². The summed E-state index contributed by atoms with van der Waals surface area (Å²) >= 11 is 0. The molecule has 10 heteroatoms. The van der Waals surface area contributed by atoms with Gasteiger partial charge in [0.2, 0.25) is 0 Å². The number of hydrogen-bond donors (Lipinski definition) is 0. The minimum absolute atomic E-state index is 0.135. The lowest BCUT2D eigenvalue weighted by atomic mass is 10.1. The fourth-order valence-electron chi connectivity index (χ4n) is 3.53. The number of halogens is 4. The molecule has 6 nitrogen and oxygen atoms in total. The van der Waals surface area contributed by atoms with Gasteiger partial charge in [-0.3, -0.25) is 0 Å². The highest BCUT2D eigenvalue weighted by molar-refractivity contribution is 5.55. The van der Waals surface area contributed by atoms with Crippen LogP contribution in [0.5, 0.6) is 5.75 Å². The van der Waals surface area contributed by atoms with Gasteiger partial charge in [0.25, 0.3) is 0 Å². The second-order valence-electron chi connectivity index (χ2n) is 8.75. The van der Waals surface area contributed by atoms with E-state index in [2.05, 4.69) is 26.4 Å². The van der Waals surface area contributed by atoms with Gasteiger partial charge >= 0.3 is 12.2 Å². The summed E-state index contributed by atoms with van der Waals surface area (Å²) in [7, 11) is 1.44. The van der Waals surface area contributed by atoms with Gasteiger partial charge in [0.15, 0.2) is 5.82 Å². The Hall–Kier alpha value is -2.30. The predicted molar refractivity (Wildman–Crippen MR) is 133 cm³/mol. The number of unbranched alkanes of at least 4 members (excludes halogenated alkanes) is 7. The average Bonchev–Trinajstić information content (AvgIpc) is 2.88. The summed E-state index contributed by atoms with van der Waals surface area (Å²) in [5, 5.41) is 0. The van der Waals surface area contributed by atoms with E-state index in [4.69, 9.17) is 9.47 Å². The molecule has 1 aromatic carbocycles. The lowest BCUT2D eigenvalue weighted by Gasteiger charge is -2.26. The van der Waals surface area contributed by atoms with Crippen LogP contribution in [0.4, 0.5) is 17.6 Å². The van der Waals surface area contributed by atoms with Gasteiger partial charge in [-0.1, -0.05) is 51.9 Å². The number of aryl methyl sites for hydroxylation is 1. The van der Waals surface area contributed by atoms with E-state index >= 15 is 0 Å². The van der Waals surface area contributed by atoms with Crippen LogP contribution in [0.1, 0.15) is 63.9 Å². The number of ether oxygens (including phenoxy) is 4. The number of benzene rings is 1. The van der Waals surface area contributed by atoms with Crippen LogP contribution in [0.25, 0.3) is 11.4 Å². The van der Waals surface area contributed by atoms with Crippen molar-refractivity contribution < 1.29 is 36.5 Å². The third-order valence-corrected chi connectivity index (χ3v) is 5.66. The van der Waals surface area contributed by atoms with Gasteiger partial charge in [-0.25, -0.2) is 9.97 Å². The van der Waals surface area contributed by atoms with Crippen molar-refractivity contribution in [3.05, 3.63) is 42.2 Å². The number of methoxy groups -OCH3 is 1. The molecule has 0 saturated heterocycles. The van der Waals surface area contributed by atoms with E-state index in [9.17, 15) is 17.6 Å². The molecule has 0 unspecified atom stereocenters. The first kappa shape index (κ1) is 30.9. The zero-order valence-electron chi connectivity index (χ0n) is 21.7. The number of rotatable bonds is 20. The number of aromatic nitrogens is 2. The predicted octanol–water partition coefficient (Wildman–Crippen LogP) is 7.07. The molecule has 0 radical (unpaired) electrons. The molecule has 0 aliphatic carbocycles. The fourth-order valence-corrected chi connectivity index (χ4v) is 3.53. The molecule has 37 heavy (non-hydrogen) atoms. The second-order valence-corrected chi connectivity index (χ2v) is 8.75. The topological polar surface area (TPSA) is 62.7 Å². The van der Waals surface area contributed by atoms with Crippen molar-refractivity contribution in [2.24, 2.45) is 0 Å². The fraction of sp³-hybridized carbons (Fsp3) is 0.630. The molecule has 1 aromatic heterocycles. The highest BCUT2D eigenvalue weighted by Gasteiger charge is 2.61. The zero-order valence-corrected chi connectivity index (χ0v) is 21.7. The Morgan fingerprint density at radius 2 is 1.32 bits per heavy atom. The summed E-state index contributed by atoms with van der Waals surface area (Å²) < 4.78 is 73.6. The van der Waals surface area contributed by atoms with Crippen LogP contribution in [0.15, 0.2) is 36.7 Å². The van der Waals surface area contributed by atoms with Gasteiger partial charge < -0.3 is 18.9 Å². The maximum atomic E-state index is 14.0.